The minimum atomic E-state index is 0.887. The van der Waals surface area contributed by atoms with E-state index in [1.165, 1.54) is 49.0 Å². The van der Waals surface area contributed by atoms with Crippen LogP contribution in [0.1, 0.15) is 0 Å². The predicted molar refractivity (Wildman–Crippen MR) is 216 cm³/mol. The van der Waals surface area contributed by atoms with Crippen LogP contribution in [-0.4, -0.2) is 18.9 Å². The summed E-state index contributed by atoms with van der Waals surface area (Å²) in [5, 5.41) is 7.22. The van der Waals surface area contributed by atoms with E-state index in [2.05, 4.69) is 191 Å². The molecule has 242 valence electrons. The summed E-state index contributed by atoms with van der Waals surface area (Å²) in [5.41, 5.74) is 11.7. The normalized spacial score (nSPS) is 11.8. The van der Waals surface area contributed by atoms with Crippen molar-refractivity contribution in [3.8, 4) is 39.3 Å². The van der Waals surface area contributed by atoms with Crippen LogP contribution >= 0.6 is 0 Å². The van der Waals surface area contributed by atoms with Crippen molar-refractivity contribution in [3.63, 3.8) is 0 Å². The molecule has 0 bridgehead atoms. The van der Waals surface area contributed by atoms with Crippen molar-refractivity contribution in [3.05, 3.63) is 182 Å². The molecule has 0 radical (unpaired) electrons. The third-order valence-corrected chi connectivity index (χ3v) is 10.5. The molecule has 0 saturated heterocycles. The van der Waals surface area contributed by atoms with Gasteiger partial charge in [0.2, 0.25) is 0 Å². The van der Waals surface area contributed by atoms with Crippen LogP contribution in [0.4, 0.5) is 0 Å². The van der Waals surface area contributed by atoms with Gasteiger partial charge in [0.25, 0.3) is 0 Å². The highest BCUT2D eigenvalue weighted by Gasteiger charge is 2.24. The van der Waals surface area contributed by atoms with Crippen LogP contribution in [0.3, 0.4) is 0 Å². The zero-order valence-corrected chi connectivity index (χ0v) is 28.1. The fourth-order valence-electron chi connectivity index (χ4n) is 8.25. The standard InChI is InChI=1S/C48H30N4/c1-2-18-34(19-3-1)52-42-27-11-10-26-41(42)49-48(52)33-28-29-43-50-46-44(37-24-12-16-31-14-4-6-20-35(31)37)39-22-8-9-23-40(39)45(47(46)51(43)30-33)38-25-13-17-32-15-5-7-21-36(32)38/h1-30H. The lowest BCUT2D eigenvalue weighted by atomic mass is 9.87. The largest absolute Gasteiger partial charge is 0.298 e. The van der Waals surface area contributed by atoms with E-state index in [1.54, 1.807) is 0 Å². The van der Waals surface area contributed by atoms with Gasteiger partial charge in [-0.3, -0.25) is 8.97 Å². The molecule has 0 aliphatic carbocycles. The first-order valence-electron chi connectivity index (χ1n) is 17.7. The molecule has 4 nitrogen and oxygen atoms in total. The number of pyridine rings is 1. The Labute approximate surface area is 299 Å². The Morgan fingerprint density at radius 1 is 0.423 bits per heavy atom. The molecule has 0 N–H and O–H groups in total. The van der Waals surface area contributed by atoms with E-state index in [-0.39, 0.29) is 0 Å². The first-order chi connectivity index (χ1) is 25.8. The van der Waals surface area contributed by atoms with Crippen LogP contribution in [0.15, 0.2) is 182 Å². The van der Waals surface area contributed by atoms with Crippen molar-refractivity contribution in [1.82, 2.24) is 18.9 Å². The highest BCUT2D eigenvalue weighted by atomic mass is 15.1. The van der Waals surface area contributed by atoms with Gasteiger partial charge >= 0.3 is 0 Å². The lowest BCUT2D eigenvalue weighted by Crippen LogP contribution is -1.99. The van der Waals surface area contributed by atoms with Crippen molar-refractivity contribution in [2.24, 2.45) is 0 Å². The second kappa shape index (κ2) is 11.2. The molecule has 0 amide bonds. The highest BCUT2D eigenvalue weighted by Crippen LogP contribution is 2.47. The van der Waals surface area contributed by atoms with Crippen LogP contribution in [0, 0.1) is 0 Å². The Kier molecular flexibility index (Phi) is 6.22. The monoisotopic (exact) mass is 662 g/mol. The van der Waals surface area contributed by atoms with E-state index >= 15 is 0 Å². The Morgan fingerprint density at radius 2 is 1.00 bits per heavy atom. The molecular weight excluding hydrogens is 633 g/mol. The van der Waals surface area contributed by atoms with E-state index in [4.69, 9.17) is 9.97 Å². The summed E-state index contributed by atoms with van der Waals surface area (Å²) in [6.45, 7) is 0. The Morgan fingerprint density at radius 3 is 1.73 bits per heavy atom. The fourth-order valence-corrected chi connectivity index (χ4v) is 8.25. The third-order valence-electron chi connectivity index (χ3n) is 10.5. The van der Waals surface area contributed by atoms with E-state index in [0.29, 0.717) is 0 Å². The Bertz CT molecular complexity index is 3180. The van der Waals surface area contributed by atoms with Crippen molar-refractivity contribution in [2.75, 3.05) is 0 Å². The summed E-state index contributed by atoms with van der Waals surface area (Å²) in [6, 6.07) is 62.6. The first kappa shape index (κ1) is 28.8. The van der Waals surface area contributed by atoms with E-state index in [0.717, 1.165) is 50.4 Å². The Hall–Kier alpha value is -7.04. The molecule has 0 aliphatic rings. The molecule has 4 heteroatoms. The number of fused-ring (bicyclic) bond motifs is 7. The number of hydrogen-bond acceptors (Lipinski definition) is 2. The number of aromatic nitrogens is 4. The van der Waals surface area contributed by atoms with Gasteiger partial charge in [-0.05, 0) is 79.8 Å². The molecular formula is C48H30N4. The number of rotatable bonds is 4. The van der Waals surface area contributed by atoms with Crippen molar-refractivity contribution < 1.29 is 0 Å². The minimum Gasteiger partial charge on any atom is -0.298 e. The van der Waals surface area contributed by atoms with Gasteiger partial charge in [-0.2, -0.15) is 0 Å². The molecule has 11 rings (SSSR count). The summed E-state index contributed by atoms with van der Waals surface area (Å²) < 4.78 is 4.57. The maximum absolute atomic E-state index is 5.51. The van der Waals surface area contributed by atoms with Crippen LogP contribution in [0.2, 0.25) is 0 Å². The van der Waals surface area contributed by atoms with Gasteiger partial charge < -0.3 is 0 Å². The number of nitrogens with zero attached hydrogens (tertiary/aromatic N) is 4. The Balaban J connectivity index is 1.31. The van der Waals surface area contributed by atoms with E-state index in [1.807, 2.05) is 0 Å². The molecule has 0 atom stereocenters. The highest BCUT2D eigenvalue weighted by molar-refractivity contribution is 6.24. The fraction of sp³-hybridized carbons (Fsp3) is 0. The summed E-state index contributed by atoms with van der Waals surface area (Å²) in [4.78, 5) is 10.7. The van der Waals surface area contributed by atoms with Gasteiger partial charge in [0.1, 0.15) is 11.5 Å². The number of imidazole rings is 2. The average Bonchev–Trinajstić information content (AvgIpc) is 3.79. The maximum Gasteiger partial charge on any atom is 0.147 e. The lowest BCUT2D eigenvalue weighted by molar-refractivity contribution is 1.09. The molecule has 0 fully saturated rings. The van der Waals surface area contributed by atoms with Gasteiger partial charge in [0.05, 0.1) is 22.1 Å². The summed E-state index contributed by atoms with van der Waals surface area (Å²) in [5.74, 6) is 0.887. The van der Waals surface area contributed by atoms with Gasteiger partial charge in [-0.1, -0.05) is 140 Å². The summed E-state index contributed by atoms with van der Waals surface area (Å²) in [6.07, 6.45) is 2.24. The van der Waals surface area contributed by atoms with E-state index in [9.17, 15) is 0 Å². The molecule has 8 aromatic carbocycles. The molecule has 0 unspecified atom stereocenters. The maximum atomic E-state index is 5.51. The van der Waals surface area contributed by atoms with Crippen molar-refractivity contribution >= 4 is 60.0 Å². The third kappa shape index (κ3) is 4.21. The number of hydrogen-bond donors (Lipinski definition) is 0. The number of para-hydroxylation sites is 3. The summed E-state index contributed by atoms with van der Waals surface area (Å²) >= 11 is 0. The second-order valence-corrected chi connectivity index (χ2v) is 13.4. The topological polar surface area (TPSA) is 35.1 Å². The smallest absolute Gasteiger partial charge is 0.147 e. The van der Waals surface area contributed by atoms with Crippen LogP contribution < -0.4 is 0 Å². The van der Waals surface area contributed by atoms with Crippen LogP contribution in [0.5, 0.6) is 0 Å². The predicted octanol–water partition coefficient (Wildman–Crippen LogP) is 12.3. The molecule has 0 saturated carbocycles. The quantitative estimate of drug-likeness (QED) is 0.188. The lowest BCUT2D eigenvalue weighted by Gasteiger charge is -2.17. The van der Waals surface area contributed by atoms with Crippen LogP contribution in [0.25, 0.3) is 99.4 Å². The van der Waals surface area contributed by atoms with Crippen LogP contribution in [-0.2, 0) is 0 Å². The minimum absolute atomic E-state index is 0.887. The number of benzene rings is 8. The molecule has 52 heavy (non-hydrogen) atoms. The molecule has 0 spiro atoms. The summed E-state index contributed by atoms with van der Waals surface area (Å²) in [7, 11) is 0. The van der Waals surface area contributed by atoms with Gasteiger partial charge in [-0.25, -0.2) is 9.97 Å². The molecule has 0 aliphatic heterocycles. The molecule has 11 aromatic rings. The van der Waals surface area contributed by atoms with Crippen molar-refractivity contribution in [1.29, 1.82) is 0 Å². The van der Waals surface area contributed by atoms with Crippen molar-refractivity contribution in [2.45, 2.75) is 0 Å². The second-order valence-electron chi connectivity index (χ2n) is 13.4. The first-order valence-corrected chi connectivity index (χ1v) is 17.7. The van der Waals surface area contributed by atoms with Gasteiger partial charge in [0, 0.05) is 28.6 Å². The average molecular weight is 663 g/mol. The van der Waals surface area contributed by atoms with Gasteiger partial charge in [0.15, 0.2) is 0 Å². The molecule has 3 aromatic heterocycles. The SMILES string of the molecule is c1ccc(-n2c(-c3ccc4nc5c(-c6cccc7ccccc67)c6ccccc6c(-c6cccc7ccccc67)c5n4c3)nc3ccccc32)cc1. The van der Waals surface area contributed by atoms with Gasteiger partial charge in [-0.15, -0.1) is 0 Å². The molecule has 3 heterocycles. The zero-order valence-electron chi connectivity index (χ0n) is 28.1. The zero-order chi connectivity index (χ0) is 34.2. The van der Waals surface area contributed by atoms with E-state index < -0.39 is 0 Å².